The molecule has 3 aliphatic heterocycles. The van der Waals surface area contributed by atoms with Gasteiger partial charge in [-0.25, -0.2) is 4.90 Å². The normalized spacial score (nSPS) is 24.3. The molecule has 0 aliphatic carbocycles. The number of hydrogen-bond acceptors (Lipinski definition) is 5. The molecule has 174 valence electrons. The lowest BCUT2D eigenvalue weighted by Crippen LogP contribution is -2.44. The molecule has 0 saturated carbocycles. The van der Waals surface area contributed by atoms with E-state index in [-0.39, 0.29) is 17.6 Å². The van der Waals surface area contributed by atoms with E-state index in [1.807, 2.05) is 41.4 Å². The third-order valence-corrected chi connectivity index (χ3v) is 7.41. The summed E-state index contributed by atoms with van der Waals surface area (Å²) in [5.41, 5.74) is 2.79. The van der Waals surface area contributed by atoms with E-state index < -0.39 is 23.9 Å². The molecule has 0 bridgehead atoms. The van der Waals surface area contributed by atoms with E-state index in [2.05, 4.69) is 0 Å². The molecule has 3 aromatic carbocycles. The molecule has 2 saturated heterocycles. The number of ether oxygens (including phenoxy) is 1. The molecule has 4 atom stereocenters. The molecular formula is C28H21ClN2O4. The molecule has 4 unspecified atom stereocenters. The Hall–Kier alpha value is -3.90. The molecule has 0 N–H and O–H groups in total. The molecule has 2 fully saturated rings. The maximum atomic E-state index is 13.9. The van der Waals surface area contributed by atoms with E-state index in [1.54, 1.807) is 55.6 Å². The highest BCUT2D eigenvalue weighted by Gasteiger charge is 2.64. The van der Waals surface area contributed by atoms with Crippen molar-refractivity contribution in [3.05, 3.63) is 101 Å². The van der Waals surface area contributed by atoms with Crippen molar-refractivity contribution in [2.45, 2.75) is 12.1 Å². The molecule has 6 rings (SSSR count). The molecule has 35 heavy (non-hydrogen) atoms. The van der Waals surface area contributed by atoms with Gasteiger partial charge in [0.05, 0.1) is 30.7 Å². The van der Waals surface area contributed by atoms with Gasteiger partial charge in [0, 0.05) is 16.8 Å². The predicted molar refractivity (Wildman–Crippen MR) is 132 cm³/mol. The SMILES string of the molecule is COc1ccc(C(=O)C2C3C(=O)N(c4cccc(Cl)c4)C(=O)C3C3c4ccccc4C=CN23)cc1. The van der Waals surface area contributed by atoms with Gasteiger partial charge in [-0.2, -0.15) is 0 Å². The minimum atomic E-state index is -0.822. The number of benzene rings is 3. The summed E-state index contributed by atoms with van der Waals surface area (Å²) in [6.07, 6.45) is 3.78. The molecule has 2 amide bonds. The van der Waals surface area contributed by atoms with Gasteiger partial charge in [0.15, 0.2) is 5.78 Å². The number of imide groups is 1. The maximum absolute atomic E-state index is 13.9. The lowest BCUT2D eigenvalue weighted by molar-refractivity contribution is -0.123. The van der Waals surface area contributed by atoms with Crippen LogP contribution in [-0.2, 0) is 9.59 Å². The Labute approximate surface area is 207 Å². The van der Waals surface area contributed by atoms with Gasteiger partial charge in [-0.3, -0.25) is 14.4 Å². The number of fused-ring (bicyclic) bond motifs is 5. The van der Waals surface area contributed by atoms with Gasteiger partial charge in [0.1, 0.15) is 11.8 Å². The molecule has 7 heteroatoms. The van der Waals surface area contributed by atoms with Crippen LogP contribution in [0.25, 0.3) is 6.08 Å². The highest BCUT2D eigenvalue weighted by Crippen LogP contribution is 2.53. The number of methoxy groups -OCH3 is 1. The number of halogens is 1. The van der Waals surface area contributed by atoms with Crippen molar-refractivity contribution in [1.82, 2.24) is 4.90 Å². The highest BCUT2D eigenvalue weighted by atomic mass is 35.5. The Morgan fingerprint density at radius 1 is 0.914 bits per heavy atom. The average molecular weight is 485 g/mol. The molecule has 0 spiro atoms. The molecule has 6 nitrogen and oxygen atoms in total. The number of hydrogen-bond donors (Lipinski definition) is 0. The van der Waals surface area contributed by atoms with Gasteiger partial charge in [-0.15, -0.1) is 0 Å². The second-order valence-corrected chi connectivity index (χ2v) is 9.35. The van der Waals surface area contributed by atoms with E-state index in [9.17, 15) is 14.4 Å². The largest absolute Gasteiger partial charge is 0.497 e. The van der Waals surface area contributed by atoms with Gasteiger partial charge in [-0.1, -0.05) is 41.9 Å². The number of anilines is 1. The van der Waals surface area contributed by atoms with Crippen molar-refractivity contribution in [1.29, 1.82) is 0 Å². The van der Waals surface area contributed by atoms with Crippen molar-refractivity contribution >= 4 is 41.0 Å². The number of nitrogens with zero attached hydrogens (tertiary/aromatic N) is 2. The van der Waals surface area contributed by atoms with Gasteiger partial charge >= 0.3 is 0 Å². The van der Waals surface area contributed by atoms with E-state index in [0.29, 0.717) is 22.0 Å². The van der Waals surface area contributed by atoms with E-state index in [1.165, 1.54) is 4.90 Å². The molecule has 3 heterocycles. The molecule has 0 radical (unpaired) electrons. The van der Waals surface area contributed by atoms with Crippen molar-refractivity contribution in [2.24, 2.45) is 11.8 Å². The fourth-order valence-corrected chi connectivity index (χ4v) is 5.84. The first-order chi connectivity index (χ1) is 17.0. The summed E-state index contributed by atoms with van der Waals surface area (Å²) < 4.78 is 5.22. The lowest BCUT2D eigenvalue weighted by atomic mass is 9.83. The summed E-state index contributed by atoms with van der Waals surface area (Å²) in [5.74, 6) is -1.78. The van der Waals surface area contributed by atoms with Crippen molar-refractivity contribution < 1.29 is 19.1 Å². The number of carbonyl (C=O) groups excluding carboxylic acids is 3. The first-order valence-corrected chi connectivity index (χ1v) is 11.7. The minimum Gasteiger partial charge on any atom is -0.497 e. The summed E-state index contributed by atoms with van der Waals surface area (Å²) in [6, 6.07) is 20.1. The second kappa shape index (κ2) is 8.10. The summed E-state index contributed by atoms with van der Waals surface area (Å²) in [5, 5.41) is 0.429. The highest BCUT2D eigenvalue weighted by molar-refractivity contribution is 6.31. The standard InChI is InChI=1S/C28H21ClN2O4/c1-35-20-11-9-17(10-12-20)26(32)25-23-22(24-21-8-3-2-5-16(21)13-14-30(24)25)27(33)31(28(23)34)19-7-4-6-18(29)15-19/h2-15,22-25H,1H3. The Kier molecular flexibility index (Phi) is 5.00. The van der Waals surface area contributed by atoms with Crippen LogP contribution in [0.5, 0.6) is 5.75 Å². The maximum Gasteiger partial charge on any atom is 0.240 e. The summed E-state index contributed by atoms with van der Waals surface area (Å²) >= 11 is 6.17. The Morgan fingerprint density at radius 2 is 1.66 bits per heavy atom. The first kappa shape index (κ1) is 21.6. The smallest absolute Gasteiger partial charge is 0.240 e. The third-order valence-electron chi connectivity index (χ3n) is 7.17. The number of ketones is 1. The molecule has 3 aromatic rings. The molecular weight excluding hydrogens is 464 g/mol. The van der Waals surface area contributed by atoms with Crippen LogP contribution in [-0.4, -0.2) is 35.6 Å². The Bertz CT molecular complexity index is 1400. The summed E-state index contributed by atoms with van der Waals surface area (Å²) in [6.45, 7) is 0. The van der Waals surface area contributed by atoms with Crippen LogP contribution < -0.4 is 9.64 Å². The van der Waals surface area contributed by atoms with Gasteiger partial charge in [0.25, 0.3) is 0 Å². The zero-order valence-corrected chi connectivity index (χ0v) is 19.6. The molecule has 0 aromatic heterocycles. The third kappa shape index (κ3) is 3.21. The monoisotopic (exact) mass is 484 g/mol. The first-order valence-electron chi connectivity index (χ1n) is 11.4. The fourth-order valence-electron chi connectivity index (χ4n) is 5.65. The minimum absolute atomic E-state index is 0.205. The summed E-state index contributed by atoms with van der Waals surface area (Å²) in [4.78, 5) is 44.7. The average Bonchev–Trinajstić information content (AvgIpc) is 3.36. The number of Topliss-reactive ketones (excluding diaryl/α,β-unsaturated/α-hetero) is 1. The van der Waals surface area contributed by atoms with Gasteiger partial charge in [-0.05, 0) is 59.7 Å². The lowest BCUT2D eigenvalue weighted by Gasteiger charge is -2.35. The van der Waals surface area contributed by atoms with E-state index in [4.69, 9.17) is 16.3 Å². The quantitative estimate of drug-likeness (QED) is 0.395. The van der Waals surface area contributed by atoms with E-state index in [0.717, 1.165) is 11.1 Å². The van der Waals surface area contributed by atoms with Crippen LogP contribution in [0.4, 0.5) is 5.69 Å². The van der Waals surface area contributed by atoms with Gasteiger partial charge in [0.2, 0.25) is 11.8 Å². The van der Waals surface area contributed by atoms with Crippen LogP contribution in [0.3, 0.4) is 0 Å². The number of carbonyl (C=O) groups is 3. The Balaban J connectivity index is 1.48. The predicted octanol–water partition coefficient (Wildman–Crippen LogP) is 4.75. The van der Waals surface area contributed by atoms with Crippen LogP contribution in [0.15, 0.2) is 79.0 Å². The fraction of sp³-hybridized carbons (Fsp3) is 0.179. The van der Waals surface area contributed by atoms with Crippen LogP contribution in [0, 0.1) is 11.8 Å². The zero-order chi connectivity index (χ0) is 24.3. The second-order valence-electron chi connectivity index (χ2n) is 8.92. The van der Waals surface area contributed by atoms with Crippen molar-refractivity contribution in [2.75, 3.05) is 12.0 Å². The van der Waals surface area contributed by atoms with Crippen LogP contribution in [0.1, 0.15) is 27.5 Å². The van der Waals surface area contributed by atoms with Crippen molar-refractivity contribution in [3.8, 4) is 5.75 Å². The van der Waals surface area contributed by atoms with Crippen LogP contribution in [0.2, 0.25) is 5.02 Å². The number of amides is 2. The zero-order valence-electron chi connectivity index (χ0n) is 18.8. The summed E-state index contributed by atoms with van der Waals surface area (Å²) in [7, 11) is 1.56. The van der Waals surface area contributed by atoms with E-state index >= 15 is 0 Å². The number of rotatable bonds is 4. The molecule has 3 aliphatic rings. The topological polar surface area (TPSA) is 66.9 Å². The van der Waals surface area contributed by atoms with Gasteiger partial charge < -0.3 is 9.64 Å². The van der Waals surface area contributed by atoms with Crippen molar-refractivity contribution in [3.63, 3.8) is 0 Å². The van der Waals surface area contributed by atoms with Crippen LogP contribution >= 0.6 is 11.6 Å². The Morgan fingerprint density at radius 3 is 2.40 bits per heavy atom.